The predicted molar refractivity (Wildman–Crippen MR) is 563 cm³/mol. The number of halogens is 5. The van der Waals surface area contributed by atoms with Crippen LogP contribution in [0.25, 0.3) is 0 Å². The van der Waals surface area contributed by atoms with Crippen molar-refractivity contribution in [3.05, 3.63) is 279 Å². The van der Waals surface area contributed by atoms with Crippen molar-refractivity contribution < 1.29 is 91.3 Å². The molecule has 0 heterocycles. The van der Waals surface area contributed by atoms with Gasteiger partial charge in [0.2, 0.25) is 0 Å². The summed E-state index contributed by atoms with van der Waals surface area (Å²) in [5.41, 5.74) is 7.40. The summed E-state index contributed by atoms with van der Waals surface area (Å²) in [6, 6.07) is 44.2. The Bertz CT molecular complexity index is 4910. The zero-order chi connectivity index (χ0) is 104. The molecule has 0 fully saturated rings. The fourth-order valence-corrected chi connectivity index (χ4v) is 17.3. The molecular weight excluding hydrogens is 1910 g/mol. The van der Waals surface area contributed by atoms with E-state index in [1.165, 1.54) is 41.0 Å². The SMILES string of the molecule is CC(C)(C)/C=C/[C@@H](CCCCS(=O)(=O)O)Cc1ccc(Cl)cc1.CC(C)(C)/C=C/[C@@H](CCCCS(=O)(=O)O)Cc1ccc(F)cc1.CC(C)(C)/C=C/[C@H](CCCCS(=O)(=O)O)Cc1ccc(Cl)cc1.CC(C)(C)/C=C/[C@H](CCCCS(=O)(=O)O)c1ccc(Cl)cc1.CC(C)(C)/C=C/[C@H](CCCCS(=O)(=O)O)c1ccc(F)cc1.COc1ccc([C@H](/C=C/C(C)(C)C)CCCCS(=O)(=O)O)cc1. The Kier molecular flexibility index (Phi) is 58.5. The van der Waals surface area contributed by atoms with Crippen LogP contribution in [-0.2, 0) is 80.0 Å². The van der Waals surface area contributed by atoms with Gasteiger partial charge in [-0.2, -0.15) is 50.5 Å². The van der Waals surface area contributed by atoms with Crippen LogP contribution in [0.5, 0.6) is 5.75 Å². The summed E-state index contributed by atoms with van der Waals surface area (Å²) in [7, 11) is -21.6. The first-order valence-corrected chi connectivity index (χ1v) is 57.4. The van der Waals surface area contributed by atoms with Crippen molar-refractivity contribution in [2.45, 2.75) is 277 Å². The number of ether oxygens (including phenoxy) is 1. The molecule has 0 aliphatic rings. The highest BCUT2D eigenvalue weighted by molar-refractivity contribution is 7.87. The van der Waals surface area contributed by atoms with Crippen molar-refractivity contribution in [2.24, 2.45) is 50.2 Å². The second-order valence-corrected chi connectivity index (χ2v) is 52.3. The summed E-state index contributed by atoms with van der Waals surface area (Å²) >= 11 is 17.8. The number of rotatable bonds is 46. The minimum Gasteiger partial charge on any atom is -0.497 e. The molecule has 30 heteroatoms. The van der Waals surface area contributed by atoms with Gasteiger partial charge in [-0.1, -0.05) is 344 Å². The molecule has 6 aromatic carbocycles. The fraction of sp³-hybridized carbons (Fsp3) is 0.547. The highest BCUT2D eigenvalue weighted by Crippen LogP contribution is 2.34. The van der Waals surface area contributed by atoms with E-state index in [1.54, 1.807) is 31.4 Å². The lowest BCUT2D eigenvalue weighted by atomic mass is 9.89. The van der Waals surface area contributed by atoms with Gasteiger partial charge in [-0.25, -0.2) is 8.78 Å². The number of benzene rings is 6. The number of hydrogen-bond acceptors (Lipinski definition) is 13. The molecule has 0 bridgehead atoms. The topological polar surface area (TPSA) is 335 Å². The van der Waals surface area contributed by atoms with Crippen LogP contribution in [-0.4, -0.2) is 119 Å². The summed E-state index contributed by atoms with van der Waals surface area (Å²) < 4.78 is 213. The summed E-state index contributed by atoms with van der Waals surface area (Å²) in [6.07, 6.45) is 40.9. The first-order chi connectivity index (χ1) is 62.4. The molecule has 0 saturated heterocycles. The molecule has 6 aromatic rings. The van der Waals surface area contributed by atoms with Crippen molar-refractivity contribution in [3.8, 4) is 5.75 Å². The Balaban J connectivity index is 0.000000816. The van der Waals surface area contributed by atoms with Crippen molar-refractivity contribution >= 4 is 95.5 Å². The molecule has 6 atom stereocenters. The molecule has 6 rings (SSSR count). The first-order valence-electron chi connectivity index (χ1n) is 46.6. The summed E-state index contributed by atoms with van der Waals surface area (Å²) in [5, 5.41) is 2.15. The van der Waals surface area contributed by atoms with Gasteiger partial charge in [0.1, 0.15) is 17.4 Å². The monoisotopic (exact) mass is 2070 g/mol. The number of allylic oxidation sites excluding steroid dienone is 12. The highest BCUT2D eigenvalue weighted by atomic mass is 35.5. The minimum absolute atomic E-state index is 0.0483. The Morgan fingerprint density at radius 2 is 0.441 bits per heavy atom. The van der Waals surface area contributed by atoms with Gasteiger partial charge in [-0.3, -0.25) is 27.3 Å². The van der Waals surface area contributed by atoms with Crippen molar-refractivity contribution in [1.29, 1.82) is 0 Å². The van der Waals surface area contributed by atoms with Crippen LogP contribution in [0.1, 0.15) is 291 Å². The molecule has 0 radical (unpaired) electrons. The average Bonchev–Trinajstić information content (AvgIpc) is 0.870. The zero-order valence-electron chi connectivity index (χ0n) is 83.7. The minimum atomic E-state index is -3.90. The van der Waals surface area contributed by atoms with Crippen molar-refractivity contribution in [2.75, 3.05) is 41.6 Å². The fourth-order valence-electron chi connectivity index (χ4n) is 13.5. The van der Waals surface area contributed by atoms with E-state index >= 15 is 0 Å². The van der Waals surface area contributed by atoms with E-state index in [0.717, 1.165) is 122 Å². The van der Waals surface area contributed by atoms with Gasteiger partial charge in [-0.05, 0) is 253 Å². The van der Waals surface area contributed by atoms with Gasteiger partial charge in [0.25, 0.3) is 60.7 Å². The van der Waals surface area contributed by atoms with Crippen LogP contribution in [0.15, 0.2) is 219 Å². The third-order valence-corrected chi connectivity index (χ3v) is 26.2. The van der Waals surface area contributed by atoms with Crippen LogP contribution < -0.4 is 4.74 Å². The van der Waals surface area contributed by atoms with Crippen molar-refractivity contribution in [3.63, 3.8) is 0 Å². The van der Waals surface area contributed by atoms with Gasteiger partial charge >= 0.3 is 0 Å². The Morgan fingerprint density at radius 1 is 0.265 bits per heavy atom. The maximum Gasteiger partial charge on any atom is 0.264 e. The number of hydrogen-bond donors (Lipinski definition) is 6. The van der Waals surface area contributed by atoms with Crippen LogP contribution in [0.4, 0.5) is 8.78 Å². The standard InChI is InChI=1S/2C18H27ClO3S.C18H27FO3S.C18H28O4S.C17H25ClO3S.C17H25FO3S/c3*1-18(2,3)12-11-15(6-4-5-13-23(20,21)22)14-16-7-9-17(19)10-8-16;1-18(2,3)13-12-15(7-5-6-14-23(19,20)21)16-8-10-17(22-4)11-9-16;2*1-17(2,3)12-11-14(6-4-5-13-22(19,20)21)15-7-9-16(18)10-8-15/h3*7-12,15H,4-6,13-14H2,1-3H3,(H,20,21,22);8-13,15H,5-7,14H2,1-4H3,(H,19,20,21);2*7-12,14H,4-6,13H2,1-3H3,(H,19,20,21)/b3*12-11+;13-12+;2*12-11+/t4*15-;2*14-/m101000/s1. The van der Waals surface area contributed by atoms with E-state index in [0.29, 0.717) is 61.8 Å². The average molecular weight is 2070 g/mol. The van der Waals surface area contributed by atoms with E-state index < -0.39 is 60.7 Å². The Morgan fingerprint density at radius 3 is 0.647 bits per heavy atom. The third kappa shape index (κ3) is 76.5. The van der Waals surface area contributed by atoms with E-state index in [4.69, 9.17) is 66.9 Å². The maximum atomic E-state index is 13.1. The molecule has 0 amide bonds. The van der Waals surface area contributed by atoms with Crippen LogP contribution in [0.3, 0.4) is 0 Å². The second kappa shape index (κ2) is 62.2. The molecule has 0 unspecified atom stereocenters. The van der Waals surface area contributed by atoms with Gasteiger partial charge in [0, 0.05) is 32.8 Å². The second-order valence-electron chi connectivity index (χ2n) is 41.5. The van der Waals surface area contributed by atoms with E-state index in [9.17, 15) is 59.3 Å². The predicted octanol–water partition coefficient (Wildman–Crippen LogP) is 29.1. The first kappa shape index (κ1) is 128. The van der Waals surface area contributed by atoms with Gasteiger partial charge in [-0.15, -0.1) is 0 Å². The maximum absolute atomic E-state index is 13.1. The molecule has 6 N–H and O–H groups in total. The van der Waals surface area contributed by atoms with Gasteiger partial charge in [0.15, 0.2) is 0 Å². The quantitative estimate of drug-likeness (QED) is 0.0117. The molecular formula is C106H159Cl3F2O19S6. The zero-order valence-corrected chi connectivity index (χ0v) is 90.8. The summed E-state index contributed by atoms with van der Waals surface area (Å²) in [4.78, 5) is 0. The molecule has 0 aromatic heterocycles. The van der Waals surface area contributed by atoms with Crippen LogP contribution in [0, 0.1) is 61.9 Å². The summed E-state index contributed by atoms with van der Waals surface area (Å²) in [5.74, 6) is 0.721. The van der Waals surface area contributed by atoms with Gasteiger partial charge in [0.05, 0.1) is 41.6 Å². The molecule has 768 valence electrons. The smallest absolute Gasteiger partial charge is 0.264 e. The molecule has 0 saturated carbocycles. The van der Waals surface area contributed by atoms with Crippen LogP contribution in [0.2, 0.25) is 15.1 Å². The largest absolute Gasteiger partial charge is 0.497 e. The molecule has 0 aliphatic carbocycles. The highest BCUT2D eigenvalue weighted by Gasteiger charge is 2.21. The lowest BCUT2D eigenvalue weighted by molar-refractivity contribution is 0.414. The normalized spacial score (nSPS) is 14.3. The number of unbranched alkanes of at least 4 members (excludes halogenated alkanes) is 6. The van der Waals surface area contributed by atoms with Gasteiger partial charge < -0.3 is 4.74 Å². The van der Waals surface area contributed by atoms with E-state index in [2.05, 4.69) is 198 Å². The third-order valence-electron chi connectivity index (χ3n) is 20.6. The van der Waals surface area contributed by atoms with E-state index in [1.807, 2.05) is 97.1 Å². The molecule has 0 spiro atoms. The summed E-state index contributed by atoms with van der Waals surface area (Å²) in [6.45, 7) is 38.4. The lowest BCUT2D eigenvalue weighted by Gasteiger charge is -2.17. The molecule has 136 heavy (non-hydrogen) atoms. The van der Waals surface area contributed by atoms with Crippen LogP contribution >= 0.6 is 34.8 Å². The van der Waals surface area contributed by atoms with Crippen molar-refractivity contribution in [1.82, 2.24) is 0 Å². The Labute approximate surface area is 833 Å². The van der Waals surface area contributed by atoms with E-state index in [-0.39, 0.29) is 102 Å². The lowest BCUT2D eigenvalue weighted by Crippen LogP contribution is -2.07. The molecule has 0 aliphatic heterocycles. The molecule has 19 nitrogen and oxygen atoms in total. The Hall–Kier alpha value is -6.25. The number of methoxy groups -OCH3 is 1.